The van der Waals surface area contributed by atoms with Crippen molar-refractivity contribution >= 4 is 40.6 Å². The van der Waals surface area contributed by atoms with Crippen LogP contribution in [0.2, 0.25) is 0 Å². The molecule has 1 unspecified atom stereocenters. The van der Waals surface area contributed by atoms with E-state index in [-0.39, 0.29) is 11.7 Å². The second kappa shape index (κ2) is 8.78. The number of thioether (sulfide) groups is 1. The fourth-order valence-corrected chi connectivity index (χ4v) is 3.25. The van der Waals surface area contributed by atoms with Gasteiger partial charge in [-0.3, -0.25) is 4.79 Å². The van der Waals surface area contributed by atoms with E-state index in [1.807, 2.05) is 0 Å². The average Bonchev–Trinajstić information content (AvgIpc) is 3.01. The number of ether oxygens (including phenoxy) is 2. The highest BCUT2D eigenvalue weighted by Gasteiger charge is 2.24. The fourth-order valence-electron chi connectivity index (χ4n) is 2.41. The van der Waals surface area contributed by atoms with E-state index >= 15 is 0 Å². The van der Waals surface area contributed by atoms with Crippen molar-refractivity contribution in [2.24, 2.45) is 4.99 Å². The Kier molecular flexibility index (Phi) is 6.18. The van der Waals surface area contributed by atoms with Gasteiger partial charge in [0.1, 0.15) is 5.82 Å². The first-order chi connectivity index (χ1) is 13.9. The third kappa shape index (κ3) is 5.14. The van der Waals surface area contributed by atoms with Gasteiger partial charge < -0.3 is 19.9 Å². The van der Waals surface area contributed by atoms with Gasteiger partial charge >= 0.3 is 5.97 Å². The van der Waals surface area contributed by atoms with E-state index in [4.69, 9.17) is 14.6 Å². The van der Waals surface area contributed by atoms with Crippen molar-refractivity contribution in [2.75, 3.05) is 7.11 Å². The Morgan fingerprint density at radius 1 is 1.28 bits per heavy atom. The van der Waals surface area contributed by atoms with Gasteiger partial charge in [0.05, 0.1) is 17.7 Å². The minimum atomic E-state index is -1.10. The molecule has 1 saturated heterocycles. The fraction of sp³-hybridized carbons (Fsp3) is 0.150. The van der Waals surface area contributed by atoms with Gasteiger partial charge in [-0.25, -0.2) is 14.2 Å². The molecule has 0 radical (unpaired) electrons. The summed E-state index contributed by atoms with van der Waals surface area (Å²) in [7, 11) is 1.44. The summed E-state index contributed by atoms with van der Waals surface area (Å²) in [5.74, 6) is -1.22. The molecule has 9 heteroatoms. The number of nitrogens with zero attached hydrogens (tertiary/aromatic N) is 1. The zero-order valence-corrected chi connectivity index (χ0v) is 16.3. The number of carbonyl (C=O) groups is 2. The van der Waals surface area contributed by atoms with Crippen LogP contribution in [-0.4, -0.2) is 35.4 Å². The van der Waals surface area contributed by atoms with Crippen LogP contribution in [0.1, 0.15) is 12.5 Å². The maximum absolute atomic E-state index is 13.3. The van der Waals surface area contributed by atoms with Crippen molar-refractivity contribution < 1.29 is 28.6 Å². The molecule has 1 fully saturated rings. The summed E-state index contributed by atoms with van der Waals surface area (Å²) in [5.41, 5.74) is 1.05. The number of carboxylic acid groups (broad SMARTS) is 1. The van der Waals surface area contributed by atoms with Crippen LogP contribution in [0.4, 0.5) is 10.1 Å². The monoisotopic (exact) mass is 416 g/mol. The molecule has 0 aromatic heterocycles. The highest BCUT2D eigenvalue weighted by atomic mass is 32.2. The number of aliphatic imine (C=N–C) groups is 1. The number of carbonyl (C=O) groups excluding carboxylic acids is 1. The van der Waals surface area contributed by atoms with Crippen LogP contribution in [0, 0.1) is 5.82 Å². The second-order valence-electron chi connectivity index (χ2n) is 5.97. The molecule has 7 nitrogen and oxygen atoms in total. The molecule has 0 aliphatic carbocycles. The molecule has 2 aromatic carbocycles. The lowest BCUT2D eigenvalue weighted by atomic mass is 10.2. The first-order valence-corrected chi connectivity index (χ1v) is 9.30. The summed E-state index contributed by atoms with van der Waals surface area (Å²) >= 11 is 1.12. The number of rotatable bonds is 6. The van der Waals surface area contributed by atoms with E-state index in [0.29, 0.717) is 27.1 Å². The third-order valence-electron chi connectivity index (χ3n) is 3.83. The predicted molar refractivity (Wildman–Crippen MR) is 108 cm³/mol. The van der Waals surface area contributed by atoms with Gasteiger partial charge in [0.2, 0.25) is 0 Å². The third-order valence-corrected chi connectivity index (χ3v) is 4.74. The molecule has 150 valence electrons. The summed E-state index contributed by atoms with van der Waals surface area (Å²) in [4.78, 5) is 27.8. The van der Waals surface area contributed by atoms with E-state index < -0.39 is 17.9 Å². The van der Waals surface area contributed by atoms with Gasteiger partial charge in [-0.2, -0.15) is 0 Å². The Morgan fingerprint density at radius 2 is 2.07 bits per heavy atom. The molecular formula is C20H17FN2O5S. The van der Waals surface area contributed by atoms with Gasteiger partial charge in [-0.1, -0.05) is 12.1 Å². The maximum Gasteiger partial charge on any atom is 0.344 e. The van der Waals surface area contributed by atoms with Crippen molar-refractivity contribution in [3.8, 4) is 11.5 Å². The molecule has 2 aromatic rings. The van der Waals surface area contributed by atoms with Crippen molar-refractivity contribution in [2.45, 2.75) is 13.0 Å². The quantitative estimate of drug-likeness (QED) is 0.699. The summed E-state index contributed by atoms with van der Waals surface area (Å²) in [6.07, 6.45) is 0.604. The molecule has 2 N–H and O–H groups in total. The second-order valence-corrected chi connectivity index (χ2v) is 7.00. The van der Waals surface area contributed by atoms with Crippen LogP contribution in [0.25, 0.3) is 6.08 Å². The number of hydrogen-bond donors (Lipinski definition) is 2. The van der Waals surface area contributed by atoms with Crippen molar-refractivity contribution in [3.05, 3.63) is 58.8 Å². The molecular weight excluding hydrogens is 399 g/mol. The van der Waals surface area contributed by atoms with Gasteiger partial charge in [0.15, 0.2) is 22.8 Å². The van der Waals surface area contributed by atoms with Gasteiger partial charge in [0, 0.05) is 0 Å². The average molecular weight is 416 g/mol. The summed E-state index contributed by atoms with van der Waals surface area (Å²) < 4.78 is 23.9. The largest absolute Gasteiger partial charge is 0.493 e. The highest BCUT2D eigenvalue weighted by molar-refractivity contribution is 8.18. The van der Waals surface area contributed by atoms with Gasteiger partial charge in [-0.05, 0) is 60.7 Å². The number of carboxylic acids is 1. The Morgan fingerprint density at radius 3 is 2.76 bits per heavy atom. The van der Waals surface area contributed by atoms with Crippen LogP contribution in [0.3, 0.4) is 0 Å². The van der Waals surface area contributed by atoms with Crippen LogP contribution in [0.5, 0.6) is 11.5 Å². The number of methoxy groups -OCH3 is 1. The van der Waals surface area contributed by atoms with Gasteiger partial charge in [0.25, 0.3) is 5.91 Å². The molecule has 0 saturated carbocycles. The van der Waals surface area contributed by atoms with Crippen LogP contribution in [-0.2, 0) is 9.59 Å². The molecule has 1 heterocycles. The van der Waals surface area contributed by atoms with Crippen molar-refractivity contribution in [1.29, 1.82) is 0 Å². The minimum Gasteiger partial charge on any atom is -0.493 e. The predicted octanol–water partition coefficient (Wildman–Crippen LogP) is 3.58. The lowest BCUT2D eigenvalue weighted by Gasteiger charge is -2.14. The number of nitrogens with one attached hydrogen (secondary N) is 1. The number of benzene rings is 2. The molecule has 1 atom stereocenters. The Balaban J connectivity index is 1.80. The lowest BCUT2D eigenvalue weighted by Crippen LogP contribution is -2.23. The first-order valence-electron chi connectivity index (χ1n) is 8.48. The summed E-state index contributed by atoms with van der Waals surface area (Å²) in [6.45, 7) is 1.41. The molecule has 1 amide bonds. The SMILES string of the molecule is COc1cc(/C=C2/SC(=Nc3cccc(F)c3)NC2=O)ccc1OC(C)C(=O)O. The summed E-state index contributed by atoms with van der Waals surface area (Å²) in [6, 6.07) is 10.6. The topological polar surface area (TPSA) is 97.2 Å². The number of aliphatic carboxylic acids is 1. The Bertz CT molecular complexity index is 1020. The Hall–Kier alpha value is -3.33. The van der Waals surface area contributed by atoms with E-state index in [0.717, 1.165) is 11.8 Å². The molecule has 1 aliphatic rings. The van der Waals surface area contributed by atoms with E-state index in [2.05, 4.69) is 10.3 Å². The van der Waals surface area contributed by atoms with Crippen LogP contribution >= 0.6 is 11.8 Å². The van der Waals surface area contributed by atoms with Crippen LogP contribution < -0.4 is 14.8 Å². The molecule has 0 bridgehead atoms. The first kappa shape index (κ1) is 20.4. The highest BCUT2D eigenvalue weighted by Crippen LogP contribution is 2.32. The zero-order valence-electron chi connectivity index (χ0n) is 15.5. The lowest BCUT2D eigenvalue weighted by molar-refractivity contribution is -0.144. The Labute approximate surface area is 170 Å². The van der Waals surface area contributed by atoms with Crippen molar-refractivity contribution in [1.82, 2.24) is 5.32 Å². The number of halogens is 1. The van der Waals surface area contributed by atoms with E-state index in [9.17, 15) is 14.0 Å². The van der Waals surface area contributed by atoms with E-state index in [1.54, 1.807) is 30.3 Å². The molecule has 0 spiro atoms. The number of amidine groups is 1. The smallest absolute Gasteiger partial charge is 0.344 e. The maximum atomic E-state index is 13.3. The number of amides is 1. The molecule has 1 aliphatic heterocycles. The normalized spacial score (nSPS) is 17.3. The number of hydrogen-bond acceptors (Lipinski definition) is 6. The van der Waals surface area contributed by atoms with E-state index in [1.165, 1.54) is 32.2 Å². The van der Waals surface area contributed by atoms with Crippen molar-refractivity contribution in [3.63, 3.8) is 0 Å². The summed E-state index contributed by atoms with van der Waals surface area (Å²) in [5, 5.41) is 11.9. The minimum absolute atomic E-state index is 0.279. The zero-order chi connectivity index (χ0) is 21.0. The van der Waals surface area contributed by atoms with Crippen LogP contribution in [0.15, 0.2) is 52.4 Å². The standard InChI is InChI=1S/C20H17FN2O5S/c1-11(19(25)26)28-15-7-6-12(8-16(15)27-2)9-17-18(24)23-20(29-17)22-14-5-3-4-13(21)10-14/h3-11H,1-2H3,(H,25,26)(H,22,23,24)/b17-9+. The van der Waals surface area contributed by atoms with Gasteiger partial charge in [-0.15, -0.1) is 0 Å². The molecule has 3 rings (SSSR count). The molecule has 29 heavy (non-hydrogen) atoms.